The zero-order chi connectivity index (χ0) is 13.0. The molecule has 0 bridgehead atoms. The molecule has 0 aromatic rings. The minimum absolute atomic E-state index is 0.0596. The van der Waals surface area contributed by atoms with Gasteiger partial charge in [0.05, 0.1) is 6.10 Å². The maximum absolute atomic E-state index is 11.5. The zero-order valence-electron chi connectivity index (χ0n) is 11.6. The number of nitrogens with zero attached hydrogens (tertiary/aromatic N) is 1. The lowest BCUT2D eigenvalue weighted by molar-refractivity contribution is -0.119. The summed E-state index contributed by atoms with van der Waals surface area (Å²) in [6, 6.07) is 0. The van der Waals surface area contributed by atoms with Crippen LogP contribution in [0.1, 0.15) is 51.9 Å². The van der Waals surface area contributed by atoms with Gasteiger partial charge in [0.1, 0.15) is 6.29 Å². The minimum Gasteiger partial charge on any atom is -0.393 e. The van der Waals surface area contributed by atoms with E-state index in [1.807, 2.05) is 6.92 Å². The Morgan fingerprint density at radius 2 is 1.89 bits per heavy atom. The Morgan fingerprint density at radius 3 is 2.39 bits per heavy atom. The van der Waals surface area contributed by atoms with Crippen molar-refractivity contribution < 1.29 is 9.90 Å². The maximum Gasteiger partial charge on any atom is 0.127 e. The summed E-state index contributed by atoms with van der Waals surface area (Å²) in [7, 11) is 0. The third-order valence-electron chi connectivity index (χ3n) is 4.95. The highest BCUT2D eigenvalue weighted by molar-refractivity contribution is 5.60. The minimum atomic E-state index is -0.179. The summed E-state index contributed by atoms with van der Waals surface area (Å²) in [5, 5.41) is 9.61. The Balaban J connectivity index is 1.84. The first-order chi connectivity index (χ1) is 8.65. The molecule has 1 atom stereocenters. The van der Waals surface area contributed by atoms with Crippen molar-refractivity contribution in [3.05, 3.63) is 0 Å². The highest BCUT2D eigenvalue weighted by Crippen LogP contribution is 2.36. The molecule has 1 unspecified atom stereocenters. The highest BCUT2D eigenvalue weighted by Gasteiger charge is 2.35. The van der Waals surface area contributed by atoms with E-state index in [0.29, 0.717) is 5.92 Å². The van der Waals surface area contributed by atoms with Gasteiger partial charge in [-0.3, -0.25) is 0 Å². The third kappa shape index (κ3) is 3.33. The molecule has 0 aromatic heterocycles. The Kier molecular flexibility index (Phi) is 4.79. The molecule has 0 amide bonds. The Bertz CT molecular complexity index is 264. The predicted molar refractivity (Wildman–Crippen MR) is 72.4 cm³/mol. The molecular formula is C15H27NO2. The summed E-state index contributed by atoms with van der Waals surface area (Å²) >= 11 is 0. The van der Waals surface area contributed by atoms with Gasteiger partial charge in [0, 0.05) is 12.0 Å². The van der Waals surface area contributed by atoms with Crippen LogP contribution in [0.25, 0.3) is 0 Å². The summed E-state index contributed by atoms with van der Waals surface area (Å²) in [6.45, 7) is 4.94. The second-order valence-corrected chi connectivity index (χ2v) is 6.40. The molecule has 0 aromatic carbocycles. The summed E-state index contributed by atoms with van der Waals surface area (Å²) in [4.78, 5) is 13.9. The van der Waals surface area contributed by atoms with Crippen LogP contribution in [0.15, 0.2) is 0 Å². The smallest absolute Gasteiger partial charge is 0.127 e. The van der Waals surface area contributed by atoms with Crippen LogP contribution in [0.3, 0.4) is 0 Å². The van der Waals surface area contributed by atoms with Crippen molar-refractivity contribution in [2.24, 2.45) is 11.3 Å². The molecule has 3 nitrogen and oxygen atoms in total. The molecule has 1 heterocycles. The van der Waals surface area contributed by atoms with Crippen LogP contribution in [0, 0.1) is 11.3 Å². The number of aliphatic hydroxyl groups excluding tert-OH is 1. The molecule has 18 heavy (non-hydrogen) atoms. The number of aliphatic hydroxyl groups is 1. The first-order valence-electron chi connectivity index (χ1n) is 7.52. The van der Waals surface area contributed by atoms with Gasteiger partial charge in [-0.15, -0.1) is 0 Å². The van der Waals surface area contributed by atoms with Crippen molar-refractivity contribution in [3.63, 3.8) is 0 Å². The van der Waals surface area contributed by atoms with Crippen LogP contribution < -0.4 is 0 Å². The Labute approximate surface area is 111 Å². The Morgan fingerprint density at radius 1 is 1.28 bits per heavy atom. The average molecular weight is 253 g/mol. The number of rotatable bonds is 4. The lowest BCUT2D eigenvalue weighted by Crippen LogP contribution is -2.45. The molecule has 3 heteroatoms. The molecular weight excluding hydrogens is 226 g/mol. The zero-order valence-corrected chi connectivity index (χ0v) is 11.6. The van der Waals surface area contributed by atoms with E-state index in [1.54, 1.807) is 0 Å². The first-order valence-corrected chi connectivity index (χ1v) is 7.52. The van der Waals surface area contributed by atoms with Crippen LogP contribution in [-0.4, -0.2) is 42.0 Å². The fraction of sp³-hybridized carbons (Fsp3) is 0.933. The van der Waals surface area contributed by atoms with Gasteiger partial charge in [-0.1, -0.05) is 19.3 Å². The van der Waals surface area contributed by atoms with Gasteiger partial charge < -0.3 is 14.8 Å². The second kappa shape index (κ2) is 6.16. The molecule has 1 aliphatic heterocycles. The van der Waals surface area contributed by atoms with Crippen molar-refractivity contribution in [1.29, 1.82) is 0 Å². The molecule has 1 saturated carbocycles. The molecule has 1 N–H and O–H groups in total. The van der Waals surface area contributed by atoms with Gasteiger partial charge in [0.2, 0.25) is 0 Å². The van der Waals surface area contributed by atoms with E-state index in [9.17, 15) is 9.90 Å². The fourth-order valence-corrected chi connectivity index (χ4v) is 3.61. The number of likely N-dealkylation sites (tertiary alicyclic amines) is 1. The standard InChI is InChI=1S/C15H27NO2/c1-13(18)14-5-9-16(10-6-14)11-15(12-17)7-3-2-4-8-15/h12-14,18H,2-11H2,1H3. The quantitative estimate of drug-likeness (QED) is 0.781. The van der Waals surface area contributed by atoms with Crippen LogP contribution in [-0.2, 0) is 4.79 Å². The van der Waals surface area contributed by atoms with Gasteiger partial charge in [0.25, 0.3) is 0 Å². The number of carbonyl (C=O) groups excluding carboxylic acids is 1. The van der Waals surface area contributed by atoms with Crippen LogP contribution in [0.5, 0.6) is 0 Å². The molecule has 1 saturated heterocycles. The van der Waals surface area contributed by atoms with Gasteiger partial charge >= 0.3 is 0 Å². The molecule has 2 aliphatic rings. The number of piperidine rings is 1. The van der Waals surface area contributed by atoms with Gasteiger partial charge in [-0.2, -0.15) is 0 Å². The van der Waals surface area contributed by atoms with E-state index in [0.717, 1.165) is 45.3 Å². The number of aldehydes is 1. The molecule has 2 rings (SSSR count). The van der Waals surface area contributed by atoms with Crippen LogP contribution in [0.2, 0.25) is 0 Å². The van der Waals surface area contributed by atoms with Crippen molar-refractivity contribution in [3.8, 4) is 0 Å². The van der Waals surface area contributed by atoms with E-state index in [2.05, 4.69) is 4.90 Å². The molecule has 2 fully saturated rings. The SMILES string of the molecule is CC(O)C1CCN(CC2(C=O)CCCCC2)CC1. The molecule has 0 spiro atoms. The summed E-state index contributed by atoms with van der Waals surface area (Å²) in [5.74, 6) is 0.458. The number of hydrogen-bond donors (Lipinski definition) is 1. The van der Waals surface area contributed by atoms with Crippen molar-refractivity contribution in [2.45, 2.75) is 58.0 Å². The summed E-state index contributed by atoms with van der Waals surface area (Å²) < 4.78 is 0. The summed E-state index contributed by atoms with van der Waals surface area (Å²) in [5.41, 5.74) is -0.0596. The predicted octanol–water partition coefficient (Wildman–Crippen LogP) is 2.23. The normalized spacial score (nSPS) is 27.9. The van der Waals surface area contributed by atoms with E-state index in [1.165, 1.54) is 25.5 Å². The summed E-state index contributed by atoms with van der Waals surface area (Å²) in [6.07, 6.45) is 9.07. The van der Waals surface area contributed by atoms with E-state index < -0.39 is 0 Å². The molecule has 104 valence electrons. The highest BCUT2D eigenvalue weighted by atomic mass is 16.3. The topological polar surface area (TPSA) is 40.5 Å². The largest absolute Gasteiger partial charge is 0.393 e. The molecule has 0 radical (unpaired) electrons. The third-order valence-corrected chi connectivity index (χ3v) is 4.95. The first kappa shape index (κ1) is 14.0. The fourth-order valence-electron chi connectivity index (χ4n) is 3.61. The van der Waals surface area contributed by atoms with Gasteiger partial charge in [-0.25, -0.2) is 0 Å². The number of hydrogen-bond acceptors (Lipinski definition) is 3. The maximum atomic E-state index is 11.5. The number of carbonyl (C=O) groups is 1. The van der Waals surface area contributed by atoms with E-state index in [4.69, 9.17) is 0 Å². The monoisotopic (exact) mass is 253 g/mol. The molecule has 1 aliphatic carbocycles. The Hall–Kier alpha value is -0.410. The van der Waals surface area contributed by atoms with Crippen LogP contribution in [0.4, 0.5) is 0 Å². The second-order valence-electron chi connectivity index (χ2n) is 6.40. The van der Waals surface area contributed by atoms with Crippen molar-refractivity contribution >= 4 is 6.29 Å². The van der Waals surface area contributed by atoms with E-state index in [-0.39, 0.29) is 11.5 Å². The van der Waals surface area contributed by atoms with E-state index >= 15 is 0 Å². The van der Waals surface area contributed by atoms with Crippen molar-refractivity contribution in [1.82, 2.24) is 4.90 Å². The average Bonchev–Trinajstić information content (AvgIpc) is 2.40. The van der Waals surface area contributed by atoms with Gasteiger partial charge in [0.15, 0.2) is 0 Å². The van der Waals surface area contributed by atoms with Crippen molar-refractivity contribution in [2.75, 3.05) is 19.6 Å². The van der Waals surface area contributed by atoms with Gasteiger partial charge in [-0.05, 0) is 51.6 Å². The lowest BCUT2D eigenvalue weighted by Gasteiger charge is -2.40. The van der Waals surface area contributed by atoms with Crippen LogP contribution >= 0.6 is 0 Å². The lowest BCUT2D eigenvalue weighted by atomic mass is 9.74.